The highest BCUT2D eigenvalue weighted by Crippen LogP contribution is 2.15. The van der Waals surface area contributed by atoms with E-state index in [4.69, 9.17) is 11.6 Å². The first-order valence-corrected chi connectivity index (χ1v) is 7.44. The number of anilines is 1. The highest BCUT2D eigenvalue weighted by molar-refractivity contribution is 6.30. The van der Waals surface area contributed by atoms with Crippen molar-refractivity contribution in [3.8, 4) is 0 Å². The van der Waals surface area contributed by atoms with Gasteiger partial charge in [0.15, 0.2) is 0 Å². The van der Waals surface area contributed by atoms with Gasteiger partial charge in [-0.2, -0.15) is 0 Å². The van der Waals surface area contributed by atoms with Crippen molar-refractivity contribution in [2.45, 2.75) is 25.8 Å². The van der Waals surface area contributed by atoms with Crippen molar-refractivity contribution >= 4 is 40.9 Å². The molecule has 7 nitrogen and oxygen atoms in total. The van der Waals surface area contributed by atoms with Crippen LogP contribution in [0.5, 0.6) is 0 Å². The van der Waals surface area contributed by atoms with Crippen LogP contribution in [0.25, 0.3) is 0 Å². The predicted molar refractivity (Wildman–Crippen MR) is 83.6 cm³/mol. The van der Waals surface area contributed by atoms with Crippen LogP contribution in [0.1, 0.15) is 19.8 Å². The number of hydrogen-bond acceptors (Lipinski definition) is 4. The minimum atomic E-state index is -0.930. The maximum absolute atomic E-state index is 12.0. The van der Waals surface area contributed by atoms with Gasteiger partial charge >= 0.3 is 0 Å². The highest BCUT2D eigenvalue weighted by atomic mass is 35.5. The molecule has 0 spiro atoms. The van der Waals surface area contributed by atoms with E-state index in [1.165, 1.54) is 6.92 Å². The highest BCUT2D eigenvalue weighted by Gasteiger charge is 2.36. The van der Waals surface area contributed by atoms with E-state index in [-0.39, 0.29) is 31.2 Å². The fraction of sp³-hybridized carbons (Fsp3) is 0.333. The Labute approximate surface area is 138 Å². The molecule has 1 aliphatic rings. The lowest BCUT2D eigenvalue weighted by molar-refractivity contribution is -0.146. The Morgan fingerprint density at radius 1 is 1.17 bits per heavy atom. The van der Waals surface area contributed by atoms with Gasteiger partial charge in [-0.05, 0) is 31.2 Å². The molecule has 4 amide bonds. The molecule has 0 aromatic heterocycles. The molecule has 0 saturated carbocycles. The lowest BCUT2D eigenvalue weighted by Gasteiger charge is -2.21. The maximum atomic E-state index is 12.0. The first-order chi connectivity index (χ1) is 10.9. The van der Waals surface area contributed by atoms with Crippen LogP contribution >= 0.6 is 11.6 Å². The minimum absolute atomic E-state index is 0.119. The number of carbonyl (C=O) groups excluding carboxylic acids is 4. The van der Waals surface area contributed by atoms with Crippen LogP contribution in [0.15, 0.2) is 24.3 Å². The number of halogens is 1. The van der Waals surface area contributed by atoms with Gasteiger partial charge in [0.05, 0.1) is 6.54 Å². The standard InChI is InChI=1S/C15H16ClN3O4/c1-9(19-13(21)6-7-14(19)22)15(23)17-8-12(20)18-11-4-2-10(16)3-5-11/h2-5,9H,6-8H2,1H3,(H,17,23)(H,18,20). The Hall–Kier alpha value is -2.41. The van der Waals surface area contributed by atoms with Crippen LogP contribution < -0.4 is 10.6 Å². The summed E-state index contributed by atoms with van der Waals surface area (Å²) in [6.45, 7) is 1.19. The van der Waals surface area contributed by atoms with Crippen LogP contribution in [-0.4, -0.2) is 41.1 Å². The summed E-state index contributed by atoms with van der Waals surface area (Å²) in [7, 11) is 0. The largest absolute Gasteiger partial charge is 0.345 e. The van der Waals surface area contributed by atoms with Crippen molar-refractivity contribution in [2.24, 2.45) is 0 Å². The molecule has 2 N–H and O–H groups in total. The quantitative estimate of drug-likeness (QED) is 0.781. The Balaban J connectivity index is 1.83. The Morgan fingerprint density at radius 3 is 2.30 bits per heavy atom. The van der Waals surface area contributed by atoms with Gasteiger partial charge in [-0.25, -0.2) is 0 Å². The number of amides is 4. The zero-order valence-electron chi connectivity index (χ0n) is 12.5. The number of rotatable bonds is 5. The number of nitrogens with zero attached hydrogens (tertiary/aromatic N) is 1. The predicted octanol–water partition coefficient (Wildman–Crippen LogP) is 0.932. The van der Waals surface area contributed by atoms with E-state index in [1.807, 2.05) is 0 Å². The SMILES string of the molecule is CC(C(=O)NCC(=O)Nc1ccc(Cl)cc1)N1C(=O)CCC1=O. The number of likely N-dealkylation sites (tertiary alicyclic amines) is 1. The number of imide groups is 1. The van der Waals surface area contributed by atoms with Crippen molar-refractivity contribution in [3.05, 3.63) is 29.3 Å². The van der Waals surface area contributed by atoms with Gasteiger partial charge in [0.2, 0.25) is 23.6 Å². The lowest BCUT2D eigenvalue weighted by atomic mass is 10.2. The molecule has 0 bridgehead atoms. The smallest absolute Gasteiger partial charge is 0.243 e. The Bertz CT molecular complexity index is 629. The first-order valence-electron chi connectivity index (χ1n) is 7.06. The van der Waals surface area contributed by atoms with Gasteiger partial charge in [0.1, 0.15) is 6.04 Å². The molecule has 1 heterocycles. The van der Waals surface area contributed by atoms with Crippen LogP contribution in [0.4, 0.5) is 5.69 Å². The molecule has 1 unspecified atom stereocenters. The van der Waals surface area contributed by atoms with Gasteiger partial charge in [-0.1, -0.05) is 11.6 Å². The summed E-state index contributed by atoms with van der Waals surface area (Å²) in [6.07, 6.45) is 0.237. The Morgan fingerprint density at radius 2 is 1.74 bits per heavy atom. The third kappa shape index (κ3) is 4.29. The maximum Gasteiger partial charge on any atom is 0.243 e. The van der Waals surface area contributed by atoms with Crippen molar-refractivity contribution < 1.29 is 19.2 Å². The molecule has 1 saturated heterocycles. The third-order valence-corrected chi connectivity index (χ3v) is 3.66. The molecule has 0 radical (unpaired) electrons. The monoisotopic (exact) mass is 337 g/mol. The minimum Gasteiger partial charge on any atom is -0.345 e. The summed E-state index contributed by atoms with van der Waals surface area (Å²) in [5.41, 5.74) is 0.548. The number of benzene rings is 1. The molecule has 1 aromatic carbocycles. The molecular formula is C15H16ClN3O4. The zero-order chi connectivity index (χ0) is 17.0. The van der Waals surface area contributed by atoms with Crippen LogP contribution in [0.2, 0.25) is 5.02 Å². The summed E-state index contributed by atoms with van der Waals surface area (Å²) in [5.74, 6) is -1.72. The average molecular weight is 338 g/mol. The summed E-state index contributed by atoms with van der Waals surface area (Å²) in [5, 5.41) is 5.55. The number of nitrogens with one attached hydrogen (secondary N) is 2. The van der Waals surface area contributed by atoms with Crippen LogP contribution in [0, 0.1) is 0 Å². The first kappa shape index (κ1) is 17.0. The summed E-state index contributed by atoms with van der Waals surface area (Å²) in [6, 6.07) is 5.59. The summed E-state index contributed by atoms with van der Waals surface area (Å²) in [4.78, 5) is 47.8. The van der Waals surface area contributed by atoms with Gasteiger partial charge in [0.25, 0.3) is 0 Å². The van der Waals surface area contributed by atoms with E-state index in [0.29, 0.717) is 10.7 Å². The fourth-order valence-corrected chi connectivity index (χ4v) is 2.32. The molecule has 1 aromatic rings. The Kier molecular flexibility index (Phi) is 5.33. The number of carbonyl (C=O) groups is 4. The second kappa shape index (κ2) is 7.23. The molecule has 1 fully saturated rings. The van der Waals surface area contributed by atoms with E-state index in [2.05, 4.69) is 10.6 Å². The van der Waals surface area contributed by atoms with Crippen molar-refractivity contribution in [1.82, 2.24) is 10.2 Å². The summed E-state index contributed by atoms with van der Waals surface area (Å²) >= 11 is 5.74. The van der Waals surface area contributed by atoms with E-state index in [0.717, 1.165) is 4.90 Å². The molecule has 8 heteroatoms. The van der Waals surface area contributed by atoms with E-state index < -0.39 is 17.9 Å². The van der Waals surface area contributed by atoms with Gasteiger partial charge in [-0.3, -0.25) is 24.1 Å². The lowest BCUT2D eigenvalue weighted by Crippen LogP contribution is -2.48. The molecule has 122 valence electrons. The second-order valence-corrected chi connectivity index (χ2v) is 5.54. The molecule has 23 heavy (non-hydrogen) atoms. The number of hydrogen-bond donors (Lipinski definition) is 2. The van der Waals surface area contributed by atoms with Crippen molar-refractivity contribution in [3.63, 3.8) is 0 Å². The molecule has 0 aliphatic carbocycles. The van der Waals surface area contributed by atoms with Gasteiger partial charge in [-0.15, -0.1) is 0 Å². The molecular weight excluding hydrogens is 322 g/mol. The molecule has 1 aliphatic heterocycles. The van der Waals surface area contributed by atoms with Crippen molar-refractivity contribution in [2.75, 3.05) is 11.9 Å². The summed E-state index contributed by atoms with van der Waals surface area (Å²) < 4.78 is 0. The second-order valence-electron chi connectivity index (χ2n) is 5.11. The topological polar surface area (TPSA) is 95.6 Å². The van der Waals surface area contributed by atoms with E-state index in [9.17, 15) is 19.2 Å². The molecule has 2 rings (SSSR count). The van der Waals surface area contributed by atoms with Crippen molar-refractivity contribution in [1.29, 1.82) is 0 Å². The third-order valence-electron chi connectivity index (χ3n) is 3.41. The molecule has 1 atom stereocenters. The van der Waals surface area contributed by atoms with Crippen LogP contribution in [-0.2, 0) is 19.2 Å². The zero-order valence-corrected chi connectivity index (χ0v) is 13.2. The van der Waals surface area contributed by atoms with Crippen LogP contribution in [0.3, 0.4) is 0 Å². The van der Waals surface area contributed by atoms with E-state index in [1.54, 1.807) is 24.3 Å². The van der Waals surface area contributed by atoms with E-state index >= 15 is 0 Å². The van der Waals surface area contributed by atoms with Gasteiger partial charge < -0.3 is 10.6 Å². The normalized spacial score (nSPS) is 15.5. The fourth-order valence-electron chi connectivity index (χ4n) is 2.20. The van der Waals surface area contributed by atoms with Gasteiger partial charge in [0, 0.05) is 23.6 Å². The average Bonchev–Trinajstić information content (AvgIpc) is 2.85.